The number of hydrogen-bond donors (Lipinski definition) is 8. The number of aryl methyl sites for hydroxylation is 1. The van der Waals surface area contributed by atoms with Crippen LogP contribution in [0.25, 0.3) is 11.1 Å². The molecule has 0 saturated heterocycles. The minimum Gasteiger partial charge on any atom is -0.508 e. The third-order valence-electron chi connectivity index (χ3n) is 10.6. The molecule has 336 valence electrons. The second-order valence-corrected chi connectivity index (χ2v) is 15.8. The van der Waals surface area contributed by atoms with Gasteiger partial charge in [-0.05, 0) is 117 Å². The van der Waals surface area contributed by atoms with Crippen molar-refractivity contribution >= 4 is 35.5 Å². The molecule has 0 fully saturated rings. The lowest BCUT2D eigenvalue weighted by molar-refractivity contribution is -0.144. The lowest BCUT2D eigenvalue weighted by atomic mass is 10.0. The van der Waals surface area contributed by atoms with Crippen molar-refractivity contribution in [3.63, 3.8) is 0 Å². The summed E-state index contributed by atoms with van der Waals surface area (Å²) >= 11 is 0. The van der Waals surface area contributed by atoms with Crippen LogP contribution in [0.1, 0.15) is 92.4 Å². The first-order chi connectivity index (χ1) is 30.1. The number of likely N-dealkylation sites (N-methyl/N-ethyl adjacent to an activating group) is 1. The number of unbranched alkanes of at least 4 members (excludes halogenated alkanes) is 2. The number of carboxylic acids is 1. The van der Waals surface area contributed by atoms with Gasteiger partial charge in [0, 0.05) is 31.5 Å². The van der Waals surface area contributed by atoms with Gasteiger partial charge in [0.05, 0.1) is 0 Å². The van der Waals surface area contributed by atoms with Crippen LogP contribution in [0.3, 0.4) is 0 Å². The van der Waals surface area contributed by atoms with Crippen LogP contribution in [0.4, 0.5) is 0 Å². The fourth-order valence-electron chi connectivity index (χ4n) is 7.00. The fraction of sp³-hybridized carbons (Fsp3) is 0.375. The predicted molar refractivity (Wildman–Crippen MR) is 239 cm³/mol. The Morgan fingerprint density at radius 2 is 1.24 bits per heavy atom. The third-order valence-corrected chi connectivity index (χ3v) is 10.6. The van der Waals surface area contributed by atoms with Crippen molar-refractivity contribution in [3.8, 4) is 22.6 Å². The number of nitrogens with zero attached hydrogens (tertiary/aromatic N) is 1. The Morgan fingerprint density at radius 1 is 0.667 bits per heavy atom. The van der Waals surface area contributed by atoms with Gasteiger partial charge in [0.1, 0.15) is 35.7 Å². The molecule has 0 bridgehead atoms. The third kappa shape index (κ3) is 15.0. The van der Waals surface area contributed by atoms with Gasteiger partial charge in [-0.3, -0.25) is 24.0 Å². The molecule has 0 aromatic heterocycles. The SMILES string of the molecule is CCCCc1ccc(-c2ccc(C(=O)NC(C)CC(=O)N[C@@H](CCCCN)C(=O)N(C)[C@H](C(=O)N[C@@H](C)C(=O)N[C@@H](Cc3ccc(O)cc3)C(=O)O)c3ccc(O)cc3)cc2)cc1. The lowest BCUT2D eigenvalue weighted by Gasteiger charge is -2.32. The van der Waals surface area contributed by atoms with E-state index in [9.17, 15) is 44.1 Å². The average molecular weight is 865 g/mol. The molecule has 0 aliphatic heterocycles. The first-order valence-corrected chi connectivity index (χ1v) is 21.3. The van der Waals surface area contributed by atoms with Gasteiger partial charge in [-0.1, -0.05) is 74.0 Å². The van der Waals surface area contributed by atoms with Crippen molar-refractivity contribution in [2.24, 2.45) is 5.73 Å². The maximum atomic E-state index is 14.3. The Kier molecular flexibility index (Phi) is 18.7. The van der Waals surface area contributed by atoms with Crippen LogP contribution in [0, 0.1) is 0 Å². The molecule has 63 heavy (non-hydrogen) atoms. The number of carbonyl (C=O) groups excluding carboxylic acids is 5. The summed E-state index contributed by atoms with van der Waals surface area (Å²) in [6.07, 6.45) is 4.24. The number of phenols is 2. The van der Waals surface area contributed by atoms with Crippen molar-refractivity contribution in [1.29, 1.82) is 0 Å². The van der Waals surface area contributed by atoms with Crippen molar-refractivity contribution < 1.29 is 44.1 Å². The van der Waals surface area contributed by atoms with Crippen LogP contribution < -0.4 is 27.0 Å². The number of benzene rings is 4. The normalized spacial score (nSPS) is 13.3. The summed E-state index contributed by atoms with van der Waals surface area (Å²) in [6.45, 7) is 5.55. The van der Waals surface area contributed by atoms with E-state index in [1.165, 1.54) is 68.1 Å². The highest BCUT2D eigenvalue weighted by molar-refractivity contribution is 5.96. The van der Waals surface area contributed by atoms with Gasteiger partial charge >= 0.3 is 5.97 Å². The first-order valence-electron chi connectivity index (χ1n) is 21.3. The maximum absolute atomic E-state index is 14.3. The molecule has 0 aliphatic rings. The molecule has 9 N–H and O–H groups in total. The number of nitrogens with one attached hydrogen (secondary N) is 4. The van der Waals surface area contributed by atoms with Gasteiger partial charge in [0.15, 0.2) is 0 Å². The molecule has 4 rings (SSSR count). The lowest BCUT2D eigenvalue weighted by Crippen LogP contribution is -2.55. The number of nitrogens with two attached hydrogens (primary N) is 1. The summed E-state index contributed by atoms with van der Waals surface area (Å²) in [5.41, 5.74) is 10.3. The topological polar surface area (TPSA) is 240 Å². The summed E-state index contributed by atoms with van der Waals surface area (Å²) in [4.78, 5) is 81.3. The quantitative estimate of drug-likeness (QED) is 0.0476. The fourth-order valence-corrected chi connectivity index (χ4v) is 7.00. The van der Waals surface area contributed by atoms with Crippen molar-refractivity contribution in [2.45, 2.75) is 102 Å². The zero-order chi connectivity index (χ0) is 46.1. The van der Waals surface area contributed by atoms with E-state index < -0.39 is 59.8 Å². The number of amides is 5. The van der Waals surface area contributed by atoms with E-state index in [0.717, 1.165) is 35.3 Å². The summed E-state index contributed by atoms with van der Waals surface area (Å²) in [7, 11) is 1.38. The Morgan fingerprint density at radius 3 is 1.81 bits per heavy atom. The van der Waals surface area contributed by atoms with E-state index in [-0.39, 0.29) is 42.2 Å². The summed E-state index contributed by atoms with van der Waals surface area (Å²) in [6, 6.07) is 21.3. The second-order valence-electron chi connectivity index (χ2n) is 15.8. The van der Waals surface area contributed by atoms with E-state index in [4.69, 9.17) is 5.73 Å². The molecular formula is C48H60N6O9. The molecule has 0 heterocycles. The van der Waals surface area contributed by atoms with Crippen LogP contribution in [0.5, 0.6) is 11.5 Å². The Hall–Kier alpha value is -6.74. The Balaban J connectivity index is 1.42. The molecule has 0 radical (unpaired) electrons. The number of aromatic hydroxyl groups is 2. The van der Waals surface area contributed by atoms with Gasteiger partial charge < -0.3 is 47.2 Å². The van der Waals surface area contributed by atoms with E-state index in [1.807, 2.05) is 12.1 Å². The average Bonchev–Trinajstić information content (AvgIpc) is 3.26. The smallest absolute Gasteiger partial charge is 0.326 e. The molecule has 0 saturated carbocycles. The molecule has 15 nitrogen and oxygen atoms in total. The van der Waals surface area contributed by atoms with E-state index in [1.54, 1.807) is 19.1 Å². The molecule has 4 aromatic carbocycles. The van der Waals surface area contributed by atoms with Crippen molar-refractivity contribution in [1.82, 2.24) is 26.2 Å². The van der Waals surface area contributed by atoms with Gasteiger partial charge in [-0.2, -0.15) is 0 Å². The maximum Gasteiger partial charge on any atom is 0.326 e. The Labute approximate surface area is 368 Å². The van der Waals surface area contributed by atoms with Crippen LogP contribution >= 0.6 is 0 Å². The van der Waals surface area contributed by atoms with Crippen LogP contribution in [-0.2, 0) is 36.8 Å². The largest absolute Gasteiger partial charge is 0.508 e. The van der Waals surface area contributed by atoms with Gasteiger partial charge in [0.25, 0.3) is 5.91 Å². The highest BCUT2D eigenvalue weighted by Crippen LogP contribution is 2.25. The molecular weight excluding hydrogens is 805 g/mol. The molecule has 5 amide bonds. The van der Waals surface area contributed by atoms with Crippen LogP contribution in [0.2, 0.25) is 0 Å². The standard InChI is InChI=1S/C48H60N6O9/c1-5-6-9-32-11-15-34(16-12-32)35-17-19-37(20-18-35)45(59)50-30(2)28-42(57)52-40(10-7-8-27-49)47(61)54(4)43(36-21-25-39(56)26-22-36)46(60)51-31(3)44(58)53-41(48(62)63)29-33-13-23-38(55)24-14-33/h11-26,30-31,40-41,43,55-56H,5-10,27-29,49H2,1-4H3,(H,50,59)(H,51,60)(H,52,57)(H,53,58)(H,62,63)/t30?,31-,40-,41-,43-/m0/s1. The highest BCUT2D eigenvalue weighted by Gasteiger charge is 2.35. The summed E-state index contributed by atoms with van der Waals surface area (Å²) in [5, 5.41) is 40.0. The molecule has 1 unspecified atom stereocenters. The number of hydrogen-bond acceptors (Lipinski definition) is 9. The van der Waals surface area contributed by atoms with Crippen molar-refractivity contribution in [2.75, 3.05) is 13.6 Å². The van der Waals surface area contributed by atoms with Gasteiger partial charge in [0.2, 0.25) is 23.6 Å². The van der Waals surface area contributed by atoms with E-state index in [2.05, 4.69) is 52.5 Å². The van der Waals surface area contributed by atoms with Crippen LogP contribution in [-0.4, -0.2) is 93.5 Å². The minimum atomic E-state index is -1.36. The number of aliphatic carboxylic acids is 1. The second kappa shape index (κ2) is 24.0. The predicted octanol–water partition coefficient (Wildman–Crippen LogP) is 4.75. The van der Waals surface area contributed by atoms with Gasteiger partial charge in [-0.25, -0.2) is 4.79 Å². The van der Waals surface area contributed by atoms with Crippen LogP contribution in [0.15, 0.2) is 97.1 Å². The zero-order valence-electron chi connectivity index (χ0n) is 36.3. The first kappa shape index (κ1) is 48.9. The highest BCUT2D eigenvalue weighted by atomic mass is 16.4. The van der Waals surface area contributed by atoms with Gasteiger partial charge in [-0.15, -0.1) is 0 Å². The monoisotopic (exact) mass is 864 g/mol. The molecule has 4 aromatic rings. The number of carboxylic acid groups (broad SMARTS) is 1. The number of phenolic OH excluding ortho intramolecular Hbond substituents is 2. The molecule has 15 heteroatoms. The zero-order valence-corrected chi connectivity index (χ0v) is 36.3. The number of rotatable bonds is 23. The van der Waals surface area contributed by atoms with Crippen molar-refractivity contribution in [3.05, 3.63) is 119 Å². The Bertz CT molecular complexity index is 2150. The van der Waals surface area contributed by atoms with E-state index >= 15 is 0 Å². The minimum absolute atomic E-state index is 0.00471. The molecule has 0 aliphatic carbocycles. The number of carbonyl (C=O) groups is 6. The van der Waals surface area contributed by atoms with E-state index in [0.29, 0.717) is 30.5 Å². The summed E-state index contributed by atoms with van der Waals surface area (Å²) < 4.78 is 0. The summed E-state index contributed by atoms with van der Waals surface area (Å²) in [5.74, 6) is -4.52. The molecule has 5 atom stereocenters. The molecule has 0 spiro atoms.